The van der Waals surface area contributed by atoms with E-state index in [4.69, 9.17) is 17.0 Å². The van der Waals surface area contributed by atoms with Crippen LogP contribution in [0, 0.1) is 19.8 Å². The van der Waals surface area contributed by atoms with Gasteiger partial charge in [-0.25, -0.2) is 8.42 Å². The van der Waals surface area contributed by atoms with E-state index in [0.717, 1.165) is 17.5 Å². The van der Waals surface area contributed by atoms with Gasteiger partial charge in [-0.3, -0.25) is 14.8 Å². The Labute approximate surface area is 232 Å². The van der Waals surface area contributed by atoms with Gasteiger partial charge >= 0.3 is 0 Å². The van der Waals surface area contributed by atoms with Crippen LogP contribution >= 0.6 is 28.1 Å². The molecule has 0 radical (unpaired) electrons. The third-order valence-electron chi connectivity index (χ3n) is 5.56. The molecule has 0 saturated heterocycles. The highest BCUT2D eigenvalue weighted by molar-refractivity contribution is 9.10. The van der Waals surface area contributed by atoms with E-state index in [1.54, 1.807) is 42.5 Å². The topological polar surface area (TPSA) is 96.5 Å². The van der Waals surface area contributed by atoms with Crippen molar-refractivity contribution in [2.45, 2.75) is 39.0 Å². The molecule has 1 amide bonds. The summed E-state index contributed by atoms with van der Waals surface area (Å²) < 4.78 is 34.5. The maximum Gasteiger partial charge on any atom is 0.261 e. The summed E-state index contributed by atoms with van der Waals surface area (Å²) in [5.41, 5.74) is 3.51. The SMILES string of the molecule is Cc1ccc(NS(=O)(=O)c2ccc(NC(=S)NC(=O)c3ccc(OCCC(C)C)c(Br)c3)cc2)cc1C. The summed E-state index contributed by atoms with van der Waals surface area (Å²) in [4.78, 5) is 12.7. The Kier molecular flexibility index (Phi) is 9.69. The normalized spacial score (nSPS) is 11.2. The number of anilines is 2. The summed E-state index contributed by atoms with van der Waals surface area (Å²) in [5.74, 6) is 0.821. The zero-order valence-corrected chi connectivity index (χ0v) is 24.3. The molecule has 0 unspecified atom stereocenters. The fraction of sp³-hybridized carbons (Fsp3) is 0.259. The molecule has 3 aromatic carbocycles. The van der Waals surface area contributed by atoms with Crippen molar-refractivity contribution < 1.29 is 17.9 Å². The number of aryl methyl sites for hydroxylation is 2. The first kappa shape index (κ1) is 28.6. The lowest BCUT2D eigenvalue weighted by Gasteiger charge is -2.13. The van der Waals surface area contributed by atoms with Gasteiger partial charge in [-0.2, -0.15) is 0 Å². The lowest BCUT2D eigenvalue weighted by molar-refractivity contribution is 0.0977. The molecular formula is C27H30BrN3O4S2. The lowest BCUT2D eigenvalue weighted by atomic mass is 10.1. The van der Waals surface area contributed by atoms with Gasteiger partial charge in [0.05, 0.1) is 16.0 Å². The van der Waals surface area contributed by atoms with Crippen molar-refractivity contribution in [3.05, 3.63) is 81.8 Å². The number of hydrogen-bond acceptors (Lipinski definition) is 5. The van der Waals surface area contributed by atoms with Crippen molar-refractivity contribution in [3.8, 4) is 5.75 Å². The number of hydrogen-bond donors (Lipinski definition) is 3. The van der Waals surface area contributed by atoms with Crippen molar-refractivity contribution in [3.63, 3.8) is 0 Å². The Morgan fingerprint density at radius 2 is 1.65 bits per heavy atom. The van der Waals surface area contributed by atoms with Crippen molar-refractivity contribution in [1.82, 2.24) is 5.32 Å². The summed E-state index contributed by atoms with van der Waals surface area (Å²) in [5, 5.41) is 5.61. The van der Waals surface area contributed by atoms with Gasteiger partial charge in [0.25, 0.3) is 15.9 Å². The van der Waals surface area contributed by atoms with Crippen LogP contribution in [0.25, 0.3) is 0 Å². The van der Waals surface area contributed by atoms with Crippen LogP contribution in [0.2, 0.25) is 0 Å². The monoisotopic (exact) mass is 603 g/mol. The van der Waals surface area contributed by atoms with E-state index in [2.05, 4.69) is 45.1 Å². The van der Waals surface area contributed by atoms with Gasteiger partial charge in [0.2, 0.25) is 0 Å². The zero-order chi connectivity index (χ0) is 27.2. The van der Waals surface area contributed by atoms with E-state index in [-0.39, 0.29) is 15.9 Å². The molecule has 3 N–H and O–H groups in total. The predicted octanol–water partition coefficient (Wildman–Crippen LogP) is 6.42. The van der Waals surface area contributed by atoms with Crippen LogP contribution < -0.4 is 20.1 Å². The van der Waals surface area contributed by atoms with E-state index in [9.17, 15) is 13.2 Å². The third-order valence-corrected chi connectivity index (χ3v) is 7.78. The highest BCUT2D eigenvalue weighted by Gasteiger charge is 2.15. The van der Waals surface area contributed by atoms with Gasteiger partial charge < -0.3 is 10.1 Å². The molecule has 0 aliphatic rings. The number of benzene rings is 3. The number of nitrogens with one attached hydrogen (secondary N) is 3. The largest absolute Gasteiger partial charge is 0.492 e. The highest BCUT2D eigenvalue weighted by Crippen LogP contribution is 2.26. The van der Waals surface area contributed by atoms with Gasteiger partial charge in [-0.15, -0.1) is 0 Å². The second kappa shape index (κ2) is 12.5. The van der Waals surface area contributed by atoms with Crippen LogP contribution in [0.3, 0.4) is 0 Å². The molecule has 10 heteroatoms. The van der Waals surface area contributed by atoms with Gasteiger partial charge in [0, 0.05) is 16.9 Å². The van der Waals surface area contributed by atoms with Crippen molar-refractivity contribution in [2.75, 3.05) is 16.6 Å². The lowest BCUT2D eigenvalue weighted by Crippen LogP contribution is -2.34. The van der Waals surface area contributed by atoms with Gasteiger partial charge in [0.1, 0.15) is 5.75 Å². The molecule has 0 aromatic heterocycles. The van der Waals surface area contributed by atoms with Crippen LogP contribution in [0.5, 0.6) is 5.75 Å². The molecule has 0 spiro atoms. The fourth-order valence-corrected chi connectivity index (χ4v) is 4.99. The molecule has 0 bridgehead atoms. The Morgan fingerprint density at radius 1 is 0.973 bits per heavy atom. The van der Waals surface area contributed by atoms with Crippen LogP contribution in [-0.2, 0) is 10.0 Å². The summed E-state index contributed by atoms with van der Waals surface area (Å²) in [6.45, 7) is 8.74. The zero-order valence-electron chi connectivity index (χ0n) is 21.1. The van der Waals surface area contributed by atoms with Crippen LogP contribution in [0.1, 0.15) is 41.8 Å². The van der Waals surface area contributed by atoms with Crippen LogP contribution in [-0.4, -0.2) is 26.0 Å². The number of halogens is 1. The van der Waals surface area contributed by atoms with Crippen molar-refractivity contribution in [1.29, 1.82) is 0 Å². The number of sulfonamides is 1. The Balaban J connectivity index is 1.57. The summed E-state index contributed by atoms with van der Waals surface area (Å²) in [6, 6.07) is 16.5. The second-order valence-electron chi connectivity index (χ2n) is 9.01. The molecule has 0 aliphatic heterocycles. The van der Waals surface area contributed by atoms with E-state index in [1.165, 1.54) is 12.1 Å². The second-order valence-corrected chi connectivity index (χ2v) is 12.0. The molecule has 37 heavy (non-hydrogen) atoms. The molecule has 3 rings (SSSR count). The quantitative estimate of drug-likeness (QED) is 0.244. The fourth-order valence-electron chi connectivity index (χ4n) is 3.24. The molecule has 7 nitrogen and oxygen atoms in total. The van der Waals surface area contributed by atoms with E-state index in [1.807, 2.05) is 19.9 Å². The summed E-state index contributed by atoms with van der Waals surface area (Å²) in [6.07, 6.45) is 0.935. The number of carbonyl (C=O) groups is 1. The highest BCUT2D eigenvalue weighted by atomic mass is 79.9. The average Bonchev–Trinajstić information content (AvgIpc) is 2.82. The minimum atomic E-state index is -3.76. The standard InChI is InChI=1S/C27H30BrN3O4S2/c1-17(2)13-14-35-25-12-6-20(16-24(25)28)26(32)30-27(36)29-21-8-10-23(11-9-21)37(33,34)31-22-7-5-18(3)19(4)15-22/h5-12,15-17,31H,13-14H2,1-4H3,(H2,29,30,32,36). The number of thiocarbonyl (C=S) groups is 1. The molecular weight excluding hydrogens is 574 g/mol. The number of carbonyl (C=O) groups excluding carboxylic acids is 1. The smallest absolute Gasteiger partial charge is 0.261 e. The molecule has 0 heterocycles. The third kappa shape index (κ3) is 8.28. The molecule has 0 saturated carbocycles. The maximum atomic E-state index is 12.7. The number of rotatable bonds is 9. The average molecular weight is 605 g/mol. The molecule has 196 valence electrons. The van der Waals surface area contributed by atoms with Gasteiger partial charge in [-0.1, -0.05) is 19.9 Å². The molecule has 0 atom stereocenters. The number of amides is 1. The van der Waals surface area contributed by atoms with Gasteiger partial charge in [-0.05, 0) is 120 Å². The Bertz CT molecular complexity index is 1390. The minimum Gasteiger partial charge on any atom is -0.492 e. The van der Waals surface area contributed by atoms with E-state index in [0.29, 0.717) is 39.7 Å². The first-order valence-electron chi connectivity index (χ1n) is 11.7. The molecule has 0 fully saturated rings. The molecule has 0 aliphatic carbocycles. The maximum absolute atomic E-state index is 12.7. The van der Waals surface area contributed by atoms with E-state index >= 15 is 0 Å². The van der Waals surface area contributed by atoms with Gasteiger partial charge in [0.15, 0.2) is 5.11 Å². The summed E-state index contributed by atoms with van der Waals surface area (Å²) >= 11 is 8.70. The van der Waals surface area contributed by atoms with Crippen LogP contribution in [0.4, 0.5) is 11.4 Å². The minimum absolute atomic E-state index is 0.0854. The Hall–Kier alpha value is -2.95. The van der Waals surface area contributed by atoms with Crippen molar-refractivity contribution >= 4 is 60.6 Å². The number of ether oxygens (including phenoxy) is 1. The Morgan fingerprint density at radius 3 is 2.27 bits per heavy atom. The molecule has 3 aromatic rings. The van der Waals surface area contributed by atoms with Crippen molar-refractivity contribution in [2.24, 2.45) is 5.92 Å². The first-order chi connectivity index (χ1) is 17.4. The van der Waals surface area contributed by atoms with Crippen LogP contribution in [0.15, 0.2) is 70.0 Å². The predicted molar refractivity (Wildman–Crippen MR) is 156 cm³/mol. The summed E-state index contributed by atoms with van der Waals surface area (Å²) in [7, 11) is -3.76. The van der Waals surface area contributed by atoms with E-state index < -0.39 is 10.0 Å². The first-order valence-corrected chi connectivity index (χ1v) is 14.4.